The molecule has 1 aliphatic heterocycles. The normalized spacial score (nSPS) is 19.0. The van der Waals surface area contributed by atoms with E-state index in [1.807, 2.05) is 48.5 Å². The molecular weight excluding hydrogens is 472 g/mol. The Morgan fingerprint density at radius 3 is 2.75 bits per heavy atom. The Kier molecular flexibility index (Phi) is 5.34. The summed E-state index contributed by atoms with van der Waals surface area (Å²) in [6, 6.07) is 20.8. The van der Waals surface area contributed by atoms with Crippen molar-refractivity contribution in [3.05, 3.63) is 83.4 Å². The monoisotopic (exact) mass is 496 g/mol. The van der Waals surface area contributed by atoms with Crippen LogP contribution in [0, 0.1) is 6.92 Å². The van der Waals surface area contributed by atoms with Gasteiger partial charge in [-0.05, 0) is 79.3 Å². The summed E-state index contributed by atoms with van der Waals surface area (Å²) in [5, 5.41) is 6.60. The molecule has 1 saturated heterocycles. The second-order valence-electron chi connectivity index (χ2n) is 9.35. The first kappa shape index (κ1) is 22.4. The van der Waals surface area contributed by atoms with E-state index in [0.29, 0.717) is 12.1 Å². The van der Waals surface area contributed by atoms with Gasteiger partial charge >= 0.3 is 6.03 Å². The molecule has 1 aliphatic carbocycles. The molecule has 0 radical (unpaired) electrons. The van der Waals surface area contributed by atoms with Gasteiger partial charge in [-0.25, -0.2) is 9.78 Å². The minimum Gasteiger partial charge on any atom is -0.325 e. The first-order chi connectivity index (χ1) is 17.4. The van der Waals surface area contributed by atoms with E-state index in [1.165, 1.54) is 5.56 Å². The highest BCUT2D eigenvalue weighted by Crippen LogP contribution is 2.40. The summed E-state index contributed by atoms with van der Waals surface area (Å²) in [5.74, 6) is -0.793. The molecule has 2 heterocycles. The minimum absolute atomic E-state index is 0.340. The van der Waals surface area contributed by atoms with Crippen LogP contribution < -0.4 is 10.6 Å². The zero-order valence-electron chi connectivity index (χ0n) is 19.7. The smallest absolute Gasteiger partial charge is 0.325 e. The topological polar surface area (TPSA) is 91.4 Å². The second kappa shape index (κ2) is 8.57. The molecule has 1 atom stereocenters. The van der Waals surface area contributed by atoms with Crippen LogP contribution in [0.3, 0.4) is 0 Å². The Morgan fingerprint density at radius 1 is 1.11 bits per heavy atom. The first-order valence-electron chi connectivity index (χ1n) is 11.9. The second-order valence-corrected chi connectivity index (χ2v) is 10.4. The van der Waals surface area contributed by atoms with Crippen molar-refractivity contribution in [3.63, 3.8) is 0 Å². The van der Waals surface area contributed by atoms with Crippen LogP contribution in [0.15, 0.2) is 66.7 Å². The number of hydrogen-bond donors (Lipinski definition) is 2. The lowest BCUT2D eigenvalue weighted by atomic mass is 9.76. The summed E-state index contributed by atoms with van der Waals surface area (Å²) in [6.07, 6.45) is 2.19. The summed E-state index contributed by atoms with van der Waals surface area (Å²) < 4.78 is 1.13. The third kappa shape index (κ3) is 3.74. The molecule has 4 aromatic rings. The summed E-state index contributed by atoms with van der Waals surface area (Å²) in [7, 11) is 0. The van der Waals surface area contributed by atoms with Crippen LogP contribution in [0.25, 0.3) is 20.8 Å². The van der Waals surface area contributed by atoms with E-state index in [1.54, 1.807) is 23.5 Å². The van der Waals surface area contributed by atoms with Crippen molar-refractivity contribution in [1.82, 2.24) is 15.2 Å². The lowest BCUT2D eigenvalue weighted by Gasteiger charge is -2.33. The van der Waals surface area contributed by atoms with Crippen molar-refractivity contribution in [1.29, 1.82) is 0 Å². The predicted octanol–water partition coefficient (Wildman–Crippen LogP) is 4.99. The number of fused-ring (bicyclic) bond motifs is 3. The van der Waals surface area contributed by atoms with Crippen molar-refractivity contribution in [3.8, 4) is 10.6 Å². The lowest BCUT2D eigenvalue weighted by Crippen LogP contribution is -2.47. The maximum atomic E-state index is 13.4. The number of benzene rings is 3. The Hall–Kier alpha value is -4.04. The number of thiazole rings is 1. The van der Waals surface area contributed by atoms with Crippen LogP contribution in [-0.4, -0.2) is 34.3 Å². The molecule has 1 fully saturated rings. The quantitative estimate of drug-likeness (QED) is 0.389. The fourth-order valence-electron chi connectivity index (χ4n) is 5.15. The average molecular weight is 497 g/mol. The Bertz CT molecular complexity index is 1530. The largest absolute Gasteiger partial charge is 0.325 e. The van der Waals surface area contributed by atoms with Gasteiger partial charge in [-0.15, -0.1) is 11.3 Å². The molecule has 4 amide bonds. The summed E-state index contributed by atoms with van der Waals surface area (Å²) in [6.45, 7) is 1.72. The Balaban J connectivity index is 1.15. The number of aryl methyl sites for hydroxylation is 2. The molecule has 0 saturated carbocycles. The standard InChI is InChI=1S/C28H24N4O3S/c1-17-8-13-22-23(15-17)36-25(30-22)19-9-11-20(12-10-19)29-24(33)16-32-26(34)28(31-27(32)35)14-4-6-18-5-2-3-7-21(18)28/h2-3,5,7-13,15H,4,6,14,16H2,1H3,(H,29,33)(H,31,35)/t28-/m1/s1. The number of carbonyl (C=O) groups is 3. The first-order valence-corrected chi connectivity index (χ1v) is 12.7. The summed E-state index contributed by atoms with van der Waals surface area (Å²) >= 11 is 1.62. The van der Waals surface area contributed by atoms with Crippen LogP contribution in [0.4, 0.5) is 10.5 Å². The van der Waals surface area contributed by atoms with Crippen molar-refractivity contribution >= 4 is 45.1 Å². The third-order valence-corrected chi connectivity index (χ3v) is 7.98. The van der Waals surface area contributed by atoms with Crippen LogP contribution >= 0.6 is 11.3 Å². The average Bonchev–Trinajstić information content (AvgIpc) is 3.39. The molecule has 2 N–H and O–H groups in total. The van der Waals surface area contributed by atoms with Gasteiger partial charge in [-0.2, -0.15) is 0 Å². The van der Waals surface area contributed by atoms with Crippen molar-refractivity contribution in [2.24, 2.45) is 0 Å². The molecule has 36 heavy (non-hydrogen) atoms. The number of rotatable bonds is 4. The van der Waals surface area contributed by atoms with Crippen LogP contribution in [0.5, 0.6) is 0 Å². The molecule has 1 spiro atoms. The summed E-state index contributed by atoms with van der Waals surface area (Å²) in [4.78, 5) is 44.7. The number of anilines is 1. The number of aromatic nitrogens is 1. The van der Waals surface area contributed by atoms with Gasteiger partial charge in [-0.3, -0.25) is 14.5 Å². The van der Waals surface area contributed by atoms with Crippen molar-refractivity contribution in [2.45, 2.75) is 31.7 Å². The molecule has 6 rings (SSSR count). The van der Waals surface area contributed by atoms with Gasteiger partial charge < -0.3 is 10.6 Å². The fraction of sp³-hybridized carbons (Fsp3) is 0.214. The summed E-state index contributed by atoms with van der Waals surface area (Å²) in [5.41, 5.74) is 4.52. The van der Waals surface area contributed by atoms with Gasteiger partial charge in [0.25, 0.3) is 5.91 Å². The highest BCUT2D eigenvalue weighted by molar-refractivity contribution is 7.21. The predicted molar refractivity (Wildman–Crippen MR) is 140 cm³/mol. The van der Waals surface area contributed by atoms with Crippen molar-refractivity contribution in [2.75, 3.05) is 11.9 Å². The van der Waals surface area contributed by atoms with Gasteiger partial charge in [-0.1, -0.05) is 30.3 Å². The van der Waals surface area contributed by atoms with E-state index in [2.05, 4.69) is 23.6 Å². The van der Waals surface area contributed by atoms with Crippen LogP contribution in [0.2, 0.25) is 0 Å². The molecule has 0 unspecified atom stereocenters. The zero-order chi connectivity index (χ0) is 24.9. The molecule has 1 aromatic heterocycles. The fourth-order valence-corrected chi connectivity index (χ4v) is 6.22. The van der Waals surface area contributed by atoms with E-state index >= 15 is 0 Å². The van der Waals surface area contributed by atoms with Gasteiger partial charge in [0.2, 0.25) is 5.91 Å². The lowest BCUT2D eigenvalue weighted by molar-refractivity contribution is -0.134. The van der Waals surface area contributed by atoms with Gasteiger partial charge in [0.1, 0.15) is 17.1 Å². The maximum Gasteiger partial charge on any atom is 0.325 e. The highest BCUT2D eigenvalue weighted by Gasteiger charge is 2.54. The molecule has 7 nitrogen and oxygen atoms in total. The number of nitrogens with one attached hydrogen (secondary N) is 2. The number of nitrogens with zero attached hydrogens (tertiary/aromatic N) is 2. The number of amides is 4. The number of imide groups is 1. The maximum absolute atomic E-state index is 13.4. The zero-order valence-corrected chi connectivity index (χ0v) is 20.5. The van der Waals surface area contributed by atoms with Crippen LogP contribution in [-0.2, 0) is 21.5 Å². The van der Waals surface area contributed by atoms with Gasteiger partial charge in [0.15, 0.2) is 0 Å². The molecule has 8 heteroatoms. The highest BCUT2D eigenvalue weighted by atomic mass is 32.1. The molecule has 0 bridgehead atoms. The van der Waals surface area contributed by atoms with E-state index in [0.717, 1.165) is 49.7 Å². The van der Waals surface area contributed by atoms with Crippen molar-refractivity contribution < 1.29 is 14.4 Å². The van der Waals surface area contributed by atoms with E-state index in [4.69, 9.17) is 4.98 Å². The molecular formula is C28H24N4O3S. The molecule has 180 valence electrons. The minimum atomic E-state index is -1.08. The number of carbonyl (C=O) groups excluding carboxylic acids is 3. The van der Waals surface area contributed by atoms with Gasteiger partial charge in [0, 0.05) is 11.3 Å². The molecule has 3 aromatic carbocycles. The third-order valence-electron chi connectivity index (χ3n) is 6.91. The van der Waals surface area contributed by atoms with E-state index < -0.39 is 17.5 Å². The van der Waals surface area contributed by atoms with E-state index in [9.17, 15) is 14.4 Å². The van der Waals surface area contributed by atoms with Crippen LogP contribution in [0.1, 0.15) is 29.5 Å². The SMILES string of the molecule is Cc1ccc2nc(-c3ccc(NC(=O)CN4C(=O)N[C@@]5(CCCc6ccccc65)C4=O)cc3)sc2c1. The Labute approximate surface area is 212 Å². The van der Waals surface area contributed by atoms with E-state index in [-0.39, 0.29) is 12.5 Å². The number of hydrogen-bond acceptors (Lipinski definition) is 5. The number of urea groups is 1. The Morgan fingerprint density at radius 2 is 1.92 bits per heavy atom. The van der Waals surface area contributed by atoms with Gasteiger partial charge in [0.05, 0.1) is 10.2 Å². The molecule has 2 aliphatic rings.